The zero-order chi connectivity index (χ0) is 18.6. The second kappa shape index (κ2) is 8.30. The van der Waals surface area contributed by atoms with Crippen LogP contribution in [0.15, 0.2) is 36.4 Å². The van der Waals surface area contributed by atoms with E-state index in [0.717, 1.165) is 79.1 Å². The van der Waals surface area contributed by atoms with Crippen molar-refractivity contribution < 1.29 is 9.47 Å². The zero-order valence-corrected chi connectivity index (χ0v) is 16.3. The van der Waals surface area contributed by atoms with Gasteiger partial charge in [0.1, 0.15) is 5.75 Å². The van der Waals surface area contributed by atoms with Gasteiger partial charge < -0.3 is 14.8 Å². The van der Waals surface area contributed by atoms with E-state index in [-0.39, 0.29) is 0 Å². The quantitative estimate of drug-likeness (QED) is 0.509. The van der Waals surface area contributed by atoms with Crippen LogP contribution in [0.5, 0.6) is 5.75 Å². The highest BCUT2D eigenvalue weighted by molar-refractivity contribution is 6.31. The Hall–Kier alpha value is -2.08. The fourth-order valence-corrected chi connectivity index (χ4v) is 3.72. The summed E-state index contributed by atoms with van der Waals surface area (Å²) in [6.45, 7) is 5.70. The van der Waals surface area contributed by atoms with Crippen molar-refractivity contribution in [1.82, 2.24) is 9.88 Å². The van der Waals surface area contributed by atoms with Crippen LogP contribution < -0.4 is 10.1 Å². The molecule has 27 heavy (non-hydrogen) atoms. The molecule has 0 aliphatic carbocycles. The third-order valence-corrected chi connectivity index (χ3v) is 5.23. The number of hydrogen-bond acceptors (Lipinski definition) is 5. The van der Waals surface area contributed by atoms with Crippen LogP contribution in [-0.4, -0.2) is 56.4 Å². The summed E-state index contributed by atoms with van der Waals surface area (Å²) in [4.78, 5) is 7.23. The fraction of sp³-hybridized carbons (Fsp3) is 0.381. The average molecular weight is 386 g/mol. The SMILES string of the molecule is COc1ccc2nc3cc(Cl)ccc3c(NCCCN3CCOCC3)c2c1. The number of fused-ring (bicyclic) bond motifs is 2. The Morgan fingerprint density at radius 1 is 1.11 bits per heavy atom. The Morgan fingerprint density at radius 2 is 1.96 bits per heavy atom. The molecule has 0 radical (unpaired) electrons. The lowest BCUT2D eigenvalue weighted by atomic mass is 10.1. The molecule has 2 heterocycles. The van der Waals surface area contributed by atoms with Crippen LogP contribution in [0.3, 0.4) is 0 Å². The summed E-state index contributed by atoms with van der Waals surface area (Å²) in [5.74, 6) is 0.828. The van der Waals surface area contributed by atoms with Crippen molar-refractivity contribution in [2.45, 2.75) is 6.42 Å². The maximum atomic E-state index is 6.19. The van der Waals surface area contributed by atoms with E-state index in [9.17, 15) is 0 Å². The van der Waals surface area contributed by atoms with Gasteiger partial charge >= 0.3 is 0 Å². The van der Waals surface area contributed by atoms with E-state index in [1.807, 2.05) is 36.4 Å². The van der Waals surface area contributed by atoms with E-state index in [1.165, 1.54) is 0 Å². The highest BCUT2D eigenvalue weighted by Gasteiger charge is 2.12. The number of halogens is 1. The van der Waals surface area contributed by atoms with Crippen molar-refractivity contribution >= 4 is 39.1 Å². The molecule has 1 fully saturated rings. The van der Waals surface area contributed by atoms with Gasteiger partial charge in [-0.05, 0) is 49.4 Å². The van der Waals surface area contributed by atoms with Crippen molar-refractivity contribution in [3.8, 4) is 5.75 Å². The molecule has 1 aromatic heterocycles. The van der Waals surface area contributed by atoms with Crippen LogP contribution in [0, 0.1) is 0 Å². The van der Waals surface area contributed by atoms with E-state index in [2.05, 4.69) is 10.2 Å². The minimum Gasteiger partial charge on any atom is -0.497 e. The lowest BCUT2D eigenvalue weighted by Gasteiger charge is -2.26. The minimum absolute atomic E-state index is 0.695. The molecule has 0 bridgehead atoms. The summed E-state index contributed by atoms with van der Waals surface area (Å²) in [7, 11) is 1.69. The molecule has 4 rings (SSSR count). The van der Waals surface area contributed by atoms with Gasteiger partial charge in [0.25, 0.3) is 0 Å². The van der Waals surface area contributed by atoms with Gasteiger partial charge in [-0.1, -0.05) is 11.6 Å². The third kappa shape index (κ3) is 4.10. The van der Waals surface area contributed by atoms with Gasteiger partial charge in [-0.3, -0.25) is 4.90 Å². The van der Waals surface area contributed by atoms with Gasteiger partial charge in [-0.2, -0.15) is 0 Å². The number of nitrogens with one attached hydrogen (secondary N) is 1. The molecule has 0 spiro atoms. The summed E-state index contributed by atoms with van der Waals surface area (Å²) < 4.78 is 10.8. The summed E-state index contributed by atoms with van der Waals surface area (Å²) in [5.41, 5.74) is 2.92. The summed E-state index contributed by atoms with van der Waals surface area (Å²) in [5, 5.41) is 6.48. The Balaban J connectivity index is 1.61. The normalized spacial score (nSPS) is 15.3. The molecule has 2 aromatic carbocycles. The van der Waals surface area contributed by atoms with E-state index in [1.54, 1.807) is 7.11 Å². The van der Waals surface area contributed by atoms with Crippen LogP contribution in [0.25, 0.3) is 21.8 Å². The molecule has 0 saturated carbocycles. The van der Waals surface area contributed by atoms with E-state index < -0.39 is 0 Å². The van der Waals surface area contributed by atoms with Crippen LogP contribution in [0.2, 0.25) is 5.02 Å². The number of anilines is 1. The van der Waals surface area contributed by atoms with E-state index in [4.69, 9.17) is 26.1 Å². The van der Waals surface area contributed by atoms with E-state index >= 15 is 0 Å². The first-order valence-electron chi connectivity index (χ1n) is 9.35. The lowest BCUT2D eigenvalue weighted by molar-refractivity contribution is 0.0378. The average Bonchev–Trinajstić information content (AvgIpc) is 2.70. The first-order chi connectivity index (χ1) is 13.2. The summed E-state index contributed by atoms with van der Waals surface area (Å²) >= 11 is 6.19. The first kappa shape index (κ1) is 18.3. The second-order valence-electron chi connectivity index (χ2n) is 6.77. The molecule has 5 nitrogen and oxygen atoms in total. The fourth-order valence-electron chi connectivity index (χ4n) is 3.55. The molecule has 0 atom stereocenters. The van der Waals surface area contributed by atoms with Gasteiger partial charge in [0.15, 0.2) is 0 Å². The van der Waals surface area contributed by atoms with Crippen molar-refractivity contribution in [3.63, 3.8) is 0 Å². The van der Waals surface area contributed by atoms with Crippen molar-refractivity contribution in [1.29, 1.82) is 0 Å². The number of nitrogens with zero attached hydrogens (tertiary/aromatic N) is 2. The molecular formula is C21H24ClN3O2. The molecule has 0 unspecified atom stereocenters. The number of methoxy groups -OCH3 is 1. The summed E-state index contributed by atoms with van der Waals surface area (Å²) in [6.07, 6.45) is 1.07. The van der Waals surface area contributed by atoms with Gasteiger partial charge in [-0.25, -0.2) is 4.98 Å². The number of hydrogen-bond donors (Lipinski definition) is 1. The molecule has 1 N–H and O–H groups in total. The summed E-state index contributed by atoms with van der Waals surface area (Å²) in [6, 6.07) is 11.8. The Morgan fingerprint density at radius 3 is 2.78 bits per heavy atom. The Kier molecular flexibility index (Phi) is 5.62. The molecule has 1 aliphatic rings. The van der Waals surface area contributed by atoms with Crippen molar-refractivity contribution in [2.75, 3.05) is 51.8 Å². The van der Waals surface area contributed by atoms with Crippen LogP contribution in [0.1, 0.15) is 6.42 Å². The maximum Gasteiger partial charge on any atom is 0.119 e. The third-order valence-electron chi connectivity index (χ3n) is 5.00. The Labute approximate surface area is 164 Å². The smallest absolute Gasteiger partial charge is 0.119 e. The number of benzene rings is 2. The number of aromatic nitrogens is 1. The van der Waals surface area contributed by atoms with Crippen LogP contribution in [-0.2, 0) is 4.74 Å². The molecular weight excluding hydrogens is 362 g/mol. The van der Waals surface area contributed by atoms with Gasteiger partial charge in [0.05, 0.1) is 37.0 Å². The first-order valence-corrected chi connectivity index (χ1v) is 9.73. The monoisotopic (exact) mass is 385 g/mol. The maximum absolute atomic E-state index is 6.19. The van der Waals surface area contributed by atoms with Crippen molar-refractivity contribution in [3.05, 3.63) is 41.4 Å². The highest BCUT2D eigenvalue weighted by Crippen LogP contribution is 2.34. The van der Waals surface area contributed by atoms with Gasteiger partial charge in [-0.15, -0.1) is 0 Å². The van der Waals surface area contributed by atoms with Gasteiger partial charge in [0.2, 0.25) is 0 Å². The number of rotatable bonds is 6. The number of ether oxygens (including phenoxy) is 2. The molecule has 1 aliphatic heterocycles. The minimum atomic E-state index is 0.695. The molecule has 0 amide bonds. The Bertz CT molecular complexity index is 942. The lowest BCUT2D eigenvalue weighted by Crippen LogP contribution is -2.37. The predicted octanol–water partition coefficient (Wildman–Crippen LogP) is 4.18. The largest absolute Gasteiger partial charge is 0.497 e. The zero-order valence-electron chi connectivity index (χ0n) is 15.5. The second-order valence-corrected chi connectivity index (χ2v) is 7.20. The van der Waals surface area contributed by atoms with Crippen LogP contribution >= 0.6 is 11.6 Å². The van der Waals surface area contributed by atoms with E-state index in [0.29, 0.717) is 5.02 Å². The van der Waals surface area contributed by atoms with Gasteiger partial charge in [0, 0.05) is 35.4 Å². The topological polar surface area (TPSA) is 46.6 Å². The highest BCUT2D eigenvalue weighted by atomic mass is 35.5. The number of morpholine rings is 1. The van der Waals surface area contributed by atoms with Crippen LogP contribution in [0.4, 0.5) is 5.69 Å². The predicted molar refractivity (Wildman–Crippen MR) is 111 cm³/mol. The molecule has 1 saturated heterocycles. The van der Waals surface area contributed by atoms with Crippen molar-refractivity contribution in [2.24, 2.45) is 0 Å². The number of pyridine rings is 1. The molecule has 6 heteroatoms. The molecule has 3 aromatic rings. The molecule has 142 valence electrons. The standard InChI is InChI=1S/C21H24ClN3O2/c1-26-16-4-6-19-18(14-16)21(17-5-3-15(22)13-20(17)24-19)23-7-2-8-25-9-11-27-12-10-25/h3-6,13-14H,2,7-12H2,1H3,(H,23,24).